The molecule has 0 bridgehead atoms. The van der Waals surface area contributed by atoms with E-state index < -0.39 is 0 Å². The molecule has 80 valence electrons. The number of aryl methyl sites for hydroxylation is 1. The van der Waals surface area contributed by atoms with Crippen LogP contribution < -0.4 is 5.32 Å². The first-order valence-electron chi connectivity index (χ1n) is 5.61. The van der Waals surface area contributed by atoms with Crippen LogP contribution in [0.25, 0.3) is 0 Å². The van der Waals surface area contributed by atoms with Gasteiger partial charge in [-0.05, 0) is 37.5 Å². The number of ketones is 1. The van der Waals surface area contributed by atoms with E-state index >= 15 is 0 Å². The fourth-order valence-corrected chi connectivity index (χ4v) is 2.07. The second kappa shape index (κ2) is 4.47. The first kappa shape index (κ1) is 10.2. The van der Waals surface area contributed by atoms with Gasteiger partial charge in [0.25, 0.3) is 0 Å². The molecule has 1 aromatic rings. The number of nitrogens with one attached hydrogen (secondary N) is 1. The van der Waals surface area contributed by atoms with Crippen molar-refractivity contribution in [2.75, 3.05) is 5.32 Å². The molecule has 1 aliphatic rings. The maximum atomic E-state index is 11.6. The van der Waals surface area contributed by atoms with Crippen molar-refractivity contribution in [1.82, 2.24) is 0 Å². The molecule has 1 aromatic carbocycles. The van der Waals surface area contributed by atoms with E-state index in [1.807, 2.05) is 12.1 Å². The van der Waals surface area contributed by atoms with E-state index in [1.54, 1.807) is 0 Å². The highest BCUT2D eigenvalue weighted by molar-refractivity contribution is 5.87. The molecule has 0 radical (unpaired) electrons. The van der Waals surface area contributed by atoms with Crippen LogP contribution >= 0.6 is 0 Å². The standard InChI is InChI=1S/C13H17NO/c1-10-5-4-6-11(9-10)14-12-7-2-3-8-13(12)15/h4-6,9,12,14H,2-3,7-8H2,1H3/t12-/m0/s1. The number of hydrogen-bond donors (Lipinski definition) is 1. The van der Waals surface area contributed by atoms with Gasteiger partial charge in [0.2, 0.25) is 0 Å². The highest BCUT2D eigenvalue weighted by atomic mass is 16.1. The molecule has 1 fully saturated rings. The van der Waals surface area contributed by atoms with E-state index in [2.05, 4.69) is 24.4 Å². The second-order valence-corrected chi connectivity index (χ2v) is 4.28. The normalized spacial score (nSPS) is 21.4. The summed E-state index contributed by atoms with van der Waals surface area (Å²) in [6.45, 7) is 2.06. The molecular formula is C13H17NO. The molecule has 0 unspecified atom stereocenters. The average Bonchev–Trinajstić information content (AvgIpc) is 2.22. The van der Waals surface area contributed by atoms with Crippen LogP contribution in [0.1, 0.15) is 31.2 Å². The Morgan fingerprint density at radius 3 is 2.93 bits per heavy atom. The average molecular weight is 203 g/mol. The van der Waals surface area contributed by atoms with Gasteiger partial charge in [-0.25, -0.2) is 0 Å². The van der Waals surface area contributed by atoms with E-state index in [4.69, 9.17) is 0 Å². The smallest absolute Gasteiger partial charge is 0.155 e. The third-order valence-electron chi connectivity index (χ3n) is 2.91. The Labute approximate surface area is 90.7 Å². The number of carbonyl (C=O) groups is 1. The van der Waals surface area contributed by atoms with Gasteiger partial charge in [-0.15, -0.1) is 0 Å². The molecule has 2 nitrogen and oxygen atoms in total. The Hall–Kier alpha value is -1.31. The summed E-state index contributed by atoms with van der Waals surface area (Å²) in [5.74, 6) is 0.364. The molecule has 0 aromatic heterocycles. The zero-order valence-electron chi connectivity index (χ0n) is 9.12. The summed E-state index contributed by atoms with van der Waals surface area (Å²) in [6.07, 6.45) is 3.94. The summed E-state index contributed by atoms with van der Waals surface area (Å²) >= 11 is 0. The number of Topliss-reactive ketones (excluding diaryl/α,β-unsaturated/α-hetero) is 1. The number of carbonyl (C=O) groups excluding carboxylic acids is 1. The van der Waals surface area contributed by atoms with Crippen LogP contribution in [0.2, 0.25) is 0 Å². The van der Waals surface area contributed by atoms with E-state index in [-0.39, 0.29) is 6.04 Å². The van der Waals surface area contributed by atoms with Gasteiger partial charge in [-0.2, -0.15) is 0 Å². The Morgan fingerprint density at radius 2 is 2.20 bits per heavy atom. The summed E-state index contributed by atoms with van der Waals surface area (Å²) in [5, 5.41) is 3.32. The third kappa shape index (κ3) is 2.58. The lowest BCUT2D eigenvalue weighted by molar-refractivity contribution is -0.121. The van der Waals surface area contributed by atoms with Gasteiger partial charge in [-0.1, -0.05) is 18.6 Å². The lowest BCUT2D eigenvalue weighted by Gasteiger charge is -2.22. The molecule has 2 heteroatoms. The van der Waals surface area contributed by atoms with E-state index in [9.17, 15) is 4.79 Å². The predicted octanol–water partition coefficient (Wildman–Crippen LogP) is 2.92. The van der Waals surface area contributed by atoms with Crippen LogP contribution in [-0.2, 0) is 4.79 Å². The number of anilines is 1. The molecule has 1 atom stereocenters. The molecule has 0 heterocycles. The van der Waals surface area contributed by atoms with E-state index in [1.165, 1.54) is 5.56 Å². The molecule has 15 heavy (non-hydrogen) atoms. The van der Waals surface area contributed by atoms with Crippen LogP contribution in [0, 0.1) is 6.92 Å². The molecule has 0 spiro atoms. The van der Waals surface area contributed by atoms with Crippen LogP contribution in [-0.4, -0.2) is 11.8 Å². The SMILES string of the molecule is Cc1cccc(N[C@H]2CCCCC2=O)c1. The van der Waals surface area contributed by atoms with Gasteiger partial charge in [0.1, 0.15) is 0 Å². The zero-order chi connectivity index (χ0) is 10.7. The van der Waals surface area contributed by atoms with Gasteiger partial charge >= 0.3 is 0 Å². The minimum Gasteiger partial charge on any atom is -0.375 e. The molecular weight excluding hydrogens is 186 g/mol. The Kier molecular flexibility index (Phi) is 3.05. The highest BCUT2D eigenvalue weighted by Crippen LogP contribution is 2.19. The summed E-state index contributed by atoms with van der Waals surface area (Å²) in [4.78, 5) is 11.6. The van der Waals surface area contributed by atoms with Crippen molar-refractivity contribution in [3.05, 3.63) is 29.8 Å². The Balaban J connectivity index is 2.04. The maximum absolute atomic E-state index is 11.6. The second-order valence-electron chi connectivity index (χ2n) is 4.28. The fraction of sp³-hybridized carbons (Fsp3) is 0.462. The molecule has 1 saturated carbocycles. The van der Waals surface area contributed by atoms with Crippen molar-refractivity contribution in [1.29, 1.82) is 0 Å². The lowest BCUT2D eigenvalue weighted by Crippen LogP contribution is -2.32. The summed E-state index contributed by atoms with van der Waals surface area (Å²) in [5.41, 5.74) is 2.29. The van der Waals surface area contributed by atoms with Crippen molar-refractivity contribution in [2.45, 2.75) is 38.6 Å². The van der Waals surface area contributed by atoms with Gasteiger partial charge in [0.05, 0.1) is 6.04 Å². The molecule has 0 amide bonds. The van der Waals surface area contributed by atoms with Gasteiger partial charge in [0.15, 0.2) is 5.78 Å². The van der Waals surface area contributed by atoms with Crippen LogP contribution in [0.3, 0.4) is 0 Å². The molecule has 0 saturated heterocycles. The quantitative estimate of drug-likeness (QED) is 0.800. The molecule has 1 aliphatic carbocycles. The first-order chi connectivity index (χ1) is 7.25. The molecule has 1 N–H and O–H groups in total. The van der Waals surface area contributed by atoms with Crippen molar-refractivity contribution in [3.8, 4) is 0 Å². The number of benzene rings is 1. The van der Waals surface area contributed by atoms with Gasteiger partial charge in [-0.3, -0.25) is 4.79 Å². The monoisotopic (exact) mass is 203 g/mol. The zero-order valence-corrected chi connectivity index (χ0v) is 9.12. The van der Waals surface area contributed by atoms with Crippen LogP contribution in [0.4, 0.5) is 5.69 Å². The summed E-state index contributed by atoms with van der Waals surface area (Å²) < 4.78 is 0. The lowest BCUT2D eigenvalue weighted by atomic mass is 9.94. The van der Waals surface area contributed by atoms with Crippen LogP contribution in [0.15, 0.2) is 24.3 Å². The Bertz CT molecular complexity index is 359. The highest BCUT2D eigenvalue weighted by Gasteiger charge is 2.21. The topological polar surface area (TPSA) is 29.1 Å². The first-order valence-corrected chi connectivity index (χ1v) is 5.61. The van der Waals surface area contributed by atoms with Crippen molar-refractivity contribution < 1.29 is 4.79 Å². The van der Waals surface area contributed by atoms with Gasteiger partial charge in [0, 0.05) is 12.1 Å². The third-order valence-corrected chi connectivity index (χ3v) is 2.91. The van der Waals surface area contributed by atoms with Crippen LogP contribution in [0.5, 0.6) is 0 Å². The van der Waals surface area contributed by atoms with E-state index in [0.29, 0.717) is 5.78 Å². The van der Waals surface area contributed by atoms with Crippen molar-refractivity contribution in [3.63, 3.8) is 0 Å². The maximum Gasteiger partial charge on any atom is 0.155 e. The van der Waals surface area contributed by atoms with Crippen molar-refractivity contribution >= 4 is 11.5 Å². The van der Waals surface area contributed by atoms with Crippen molar-refractivity contribution in [2.24, 2.45) is 0 Å². The Morgan fingerprint density at radius 1 is 1.33 bits per heavy atom. The molecule has 2 rings (SSSR count). The van der Waals surface area contributed by atoms with Gasteiger partial charge < -0.3 is 5.32 Å². The van der Waals surface area contributed by atoms with E-state index in [0.717, 1.165) is 31.4 Å². The number of rotatable bonds is 2. The fourth-order valence-electron chi connectivity index (χ4n) is 2.07. The minimum atomic E-state index is 0.0422. The molecule has 0 aliphatic heterocycles. The summed E-state index contributed by atoms with van der Waals surface area (Å²) in [6, 6.07) is 8.23. The predicted molar refractivity (Wildman–Crippen MR) is 62.1 cm³/mol. The summed E-state index contributed by atoms with van der Waals surface area (Å²) in [7, 11) is 0. The number of hydrogen-bond acceptors (Lipinski definition) is 2. The largest absolute Gasteiger partial charge is 0.375 e. The minimum absolute atomic E-state index is 0.0422.